The van der Waals surface area contributed by atoms with Crippen molar-refractivity contribution in [3.8, 4) is 0 Å². The molecule has 2 atom stereocenters. The third kappa shape index (κ3) is 5.95. The lowest BCUT2D eigenvalue weighted by molar-refractivity contribution is -0.154. The predicted octanol–water partition coefficient (Wildman–Crippen LogP) is 0.507. The first-order valence-corrected chi connectivity index (χ1v) is 8.31. The summed E-state index contributed by atoms with van der Waals surface area (Å²) in [5.74, 6) is -0.774. The highest BCUT2D eigenvalue weighted by molar-refractivity contribution is 8.67. The van der Waals surface area contributed by atoms with Crippen LogP contribution in [0.1, 0.15) is 6.92 Å². The summed E-state index contributed by atoms with van der Waals surface area (Å²) in [7, 11) is 0. The summed E-state index contributed by atoms with van der Waals surface area (Å²) in [6, 6.07) is 0. The lowest BCUT2D eigenvalue weighted by atomic mass is 10.4. The van der Waals surface area contributed by atoms with Crippen LogP contribution in [-0.4, -0.2) is 41.5 Å². The van der Waals surface area contributed by atoms with E-state index in [1.807, 2.05) is 0 Å². The molecule has 84 valence electrons. The molecule has 2 N–H and O–H groups in total. The highest BCUT2D eigenvalue weighted by atomic mass is 32.9. The number of carbonyl (C=O) groups is 1. The molecule has 0 aliphatic heterocycles. The molecule has 0 spiro atoms. The van der Waals surface area contributed by atoms with Gasteiger partial charge in [-0.15, -0.1) is 0 Å². The Hall–Kier alpha value is 0.350. The van der Waals surface area contributed by atoms with E-state index in [2.05, 4.69) is 16.5 Å². The molecule has 0 aliphatic rings. The van der Waals surface area contributed by atoms with Gasteiger partial charge in [-0.2, -0.15) is 0 Å². The van der Waals surface area contributed by atoms with Crippen LogP contribution in [0, 0.1) is 0 Å². The van der Waals surface area contributed by atoms with Crippen LogP contribution in [0.4, 0.5) is 0 Å². The Morgan fingerprint density at radius 1 is 1.71 bits per heavy atom. The lowest BCUT2D eigenvalue weighted by Crippen LogP contribution is -2.27. The second-order valence-corrected chi connectivity index (χ2v) is 8.53. The Bertz CT molecular complexity index is 234. The van der Waals surface area contributed by atoms with Crippen molar-refractivity contribution in [1.29, 1.82) is 0 Å². The molecule has 0 fully saturated rings. The topological polar surface area (TPSA) is 76.0 Å². The summed E-state index contributed by atoms with van der Waals surface area (Å²) in [4.78, 5) is 20.2. The molecule has 1 unspecified atom stereocenters. The lowest BCUT2D eigenvalue weighted by Gasteiger charge is -2.15. The van der Waals surface area contributed by atoms with Crippen LogP contribution in [0.3, 0.4) is 0 Å². The molecular formula is C6H13O5PS2. The Kier molecular flexibility index (Phi) is 6.93. The van der Waals surface area contributed by atoms with Gasteiger partial charge in [0.2, 0.25) is 5.69 Å². The van der Waals surface area contributed by atoms with E-state index in [9.17, 15) is 9.69 Å². The van der Waals surface area contributed by atoms with Crippen LogP contribution in [-0.2, 0) is 25.9 Å². The minimum Gasteiger partial charge on any atom is -0.464 e. The van der Waals surface area contributed by atoms with Crippen molar-refractivity contribution in [3.63, 3.8) is 0 Å². The highest BCUT2D eigenvalue weighted by Gasteiger charge is 2.20. The molecule has 0 heterocycles. The molecule has 0 aromatic rings. The van der Waals surface area contributed by atoms with Crippen molar-refractivity contribution >= 4 is 34.9 Å². The van der Waals surface area contributed by atoms with E-state index in [0.29, 0.717) is 0 Å². The van der Waals surface area contributed by atoms with E-state index in [0.717, 1.165) is 11.4 Å². The molecule has 0 aromatic carbocycles. The molecule has 5 nitrogen and oxygen atoms in total. The van der Waals surface area contributed by atoms with Crippen molar-refractivity contribution in [3.05, 3.63) is 0 Å². The van der Waals surface area contributed by atoms with Crippen molar-refractivity contribution in [2.24, 2.45) is 0 Å². The molecular weight excluding hydrogens is 247 g/mol. The van der Waals surface area contributed by atoms with Gasteiger partial charge in [0, 0.05) is 0 Å². The fourth-order valence-electron chi connectivity index (χ4n) is 0.524. The van der Waals surface area contributed by atoms with Crippen LogP contribution in [0.15, 0.2) is 0 Å². The predicted molar refractivity (Wildman–Crippen MR) is 58.6 cm³/mol. The van der Waals surface area contributed by atoms with E-state index >= 15 is 0 Å². The number of aliphatic hydroxyl groups is 1. The Morgan fingerprint density at radius 2 is 2.29 bits per heavy atom. The first-order chi connectivity index (χ1) is 6.43. The van der Waals surface area contributed by atoms with E-state index in [1.54, 1.807) is 13.2 Å². The minimum absolute atomic E-state index is 0.186. The largest absolute Gasteiger partial charge is 0.464 e. The first kappa shape index (κ1) is 14.3. The van der Waals surface area contributed by atoms with E-state index in [4.69, 9.17) is 9.63 Å². The van der Waals surface area contributed by atoms with E-state index < -0.39 is 17.8 Å². The third-order valence-electron chi connectivity index (χ3n) is 1.18. The Morgan fingerprint density at radius 3 is 2.71 bits per heavy atom. The number of aliphatic hydroxyl groups excluding tert-OH is 1. The monoisotopic (exact) mass is 260 g/mol. The summed E-state index contributed by atoms with van der Waals surface area (Å²) < 4.78 is 9.32. The standard InChI is InChI=1S/C6H13O5PS2/c1-3-10-6(8)5(7)4-11-12(9,13)14-2/h5,7H,3-4H2,1-2H3,(H,9,13)/t5-,12?/m1/s1. The fourth-order valence-corrected chi connectivity index (χ4v) is 1.64. The molecule has 0 saturated heterocycles. The number of ether oxygens (including phenoxy) is 1. The smallest absolute Gasteiger partial charge is 0.337 e. The Labute approximate surface area is 91.7 Å². The van der Waals surface area contributed by atoms with Gasteiger partial charge < -0.3 is 19.3 Å². The normalized spacial score (nSPS) is 17.1. The van der Waals surface area contributed by atoms with Crippen molar-refractivity contribution in [1.82, 2.24) is 0 Å². The van der Waals surface area contributed by atoms with Gasteiger partial charge in [0.05, 0.1) is 13.2 Å². The third-order valence-corrected chi connectivity index (χ3v) is 5.48. The highest BCUT2D eigenvalue weighted by Crippen LogP contribution is 2.54. The fraction of sp³-hybridized carbons (Fsp3) is 0.833. The molecule has 0 rings (SSSR count). The quantitative estimate of drug-likeness (QED) is 0.532. The summed E-state index contributed by atoms with van der Waals surface area (Å²) in [5, 5.41) is 9.16. The van der Waals surface area contributed by atoms with E-state index in [-0.39, 0.29) is 13.2 Å². The van der Waals surface area contributed by atoms with Crippen LogP contribution >= 0.6 is 17.1 Å². The van der Waals surface area contributed by atoms with Crippen LogP contribution in [0.2, 0.25) is 0 Å². The van der Waals surface area contributed by atoms with Gasteiger partial charge in [0.25, 0.3) is 0 Å². The maximum atomic E-state index is 10.9. The van der Waals surface area contributed by atoms with Gasteiger partial charge in [-0.3, -0.25) is 0 Å². The molecule has 0 amide bonds. The van der Waals surface area contributed by atoms with Gasteiger partial charge in [-0.05, 0) is 25.0 Å². The van der Waals surface area contributed by atoms with Crippen molar-refractivity contribution in [2.75, 3.05) is 19.5 Å². The van der Waals surface area contributed by atoms with Gasteiger partial charge >= 0.3 is 5.97 Å². The molecule has 0 aliphatic carbocycles. The van der Waals surface area contributed by atoms with Crippen LogP contribution in [0.5, 0.6) is 0 Å². The Balaban J connectivity index is 3.90. The summed E-state index contributed by atoms with van der Waals surface area (Å²) in [6.45, 7) is 1.48. The average molecular weight is 260 g/mol. The number of carbonyl (C=O) groups excluding carboxylic acids is 1. The maximum Gasteiger partial charge on any atom is 0.337 e. The van der Waals surface area contributed by atoms with Gasteiger partial charge in [0.15, 0.2) is 6.10 Å². The average Bonchev–Trinajstić information content (AvgIpc) is 2.15. The molecule has 14 heavy (non-hydrogen) atoms. The zero-order valence-corrected chi connectivity index (χ0v) is 10.4. The summed E-state index contributed by atoms with van der Waals surface area (Å²) in [5.41, 5.74) is -2.90. The molecule has 0 radical (unpaired) electrons. The minimum atomic E-state index is -2.90. The van der Waals surface area contributed by atoms with Crippen LogP contribution in [0.25, 0.3) is 0 Å². The zero-order chi connectivity index (χ0) is 11.2. The summed E-state index contributed by atoms with van der Waals surface area (Å²) >= 11 is 5.65. The molecule has 0 aromatic heterocycles. The SMILES string of the molecule is CCOC(=O)[C@H](O)COP(O)(=S)SC. The zero-order valence-electron chi connectivity index (χ0n) is 7.87. The van der Waals surface area contributed by atoms with Gasteiger partial charge in [-0.1, -0.05) is 11.4 Å². The summed E-state index contributed by atoms with van der Waals surface area (Å²) in [6.07, 6.45) is 0.203. The number of rotatable bonds is 6. The maximum absolute atomic E-state index is 10.9. The number of esters is 1. The second-order valence-electron chi connectivity index (χ2n) is 2.21. The van der Waals surface area contributed by atoms with Gasteiger partial charge in [0.1, 0.15) is 0 Å². The van der Waals surface area contributed by atoms with Gasteiger partial charge in [-0.25, -0.2) is 4.79 Å². The second kappa shape index (κ2) is 6.76. The molecule has 0 saturated carbocycles. The van der Waals surface area contributed by atoms with E-state index in [1.165, 1.54) is 0 Å². The first-order valence-electron chi connectivity index (χ1n) is 3.80. The van der Waals surface area contributed by atoms with Crippen LogP contribution < -0.4 is 0 Å². The number of hydrogen-bond acceptors (Lipinski definition) is 6. The molecule has 0 bridgehead atoms. The van der Waals surface area contributed by atoms with Crippen molar-refractivity contribution in [2.45, 2.75) is 13.0 Å². The molecule has 8 heteroatoms. The number of hydrogen-bond donors (Lipinski definition) is 2. The van der Waals surface area contributed by atoms with Crippen molar-refractivity contribution < 1.29 is 24.1 Å².